The van der Waals surface area contributed by atoms with E-state index in [9.17, 15) is 4.79 Å². The molecule has 1 fully saturated rings. The van der Waals surface area contributed by atoms with E-state index in [-0.39, 0.29) is 6.04 Å². The van der Waals surface area contributed by atoms with E-state index in [2.05, 4.69) is 5.32 Å². The molecule has 1 aliphatic carbocycles. The number of allylic oxidation sites excluding steroid dienone is 1. The highest BCUT2D eigenvalue weighted by atomic mass is 35.6. The smallest absolute Gasteiger partial charge is 0.272 e. The molecule has 15 heavy (non-hydrogen) atoms. The maximum Gasteiger partial charge on any atom is 0.272 e. The average molecular weight is 271 g/mol. The number of halogens is 3. The lowest BCUT2D eigenvalue weighted by atomic mass is 9.90. The summed E-state index contributed by atoms with van der Waals surface area (Å²) < 4.78 is -1.86. The normalized spacial score (nSPS) is 25.3. The summed E-state index contributed by atoms with van der Waals surface area (Å²) in [5.41, 5.74) is 1.23. The average Bonchev–Trinajstić information content (AvgIpc) is 2.17. The molecule has 0 aliphatic heterocycles. The molecule has 1 atom stereocenters. The summed E-state index contributed by atoms with van der Waals surface area (Å²) in [7, 11) is 0. The van der Waals surface area contributed by atoms with Gasteiger partial charge in [0.25, 0.3) is 9.70 Å². The Morgan fingerprint density at radius 1 is 1.47 bits per heavy atom. The predicted molar refractivity (Wildman–Crippen MR) is 64.4 cm³/mol. The maximum atomic E-state index is 11.5. The molecule has 0 aromatic carbocycles. The van der Waals surface area contributed by atoms with Gasteiger partial charge in [-0.1, -0.05) is 52.9 Å². The Kier molecular flexibility index (Phi) is 4.75. The lowest BCUT2D eigenvalue weighted by Gasteiger charge is -2.27. The second kappa shape index (κ2) is 5.42. The lowest BCUT2D eigenvalue weighted by molar-refractivity contribution is -0.120. The minimum Gasteiger partial charge on any atom is -0.346 e. The standard InChI is InChI=1S/C10H14Cl3NO/c1-2-7-5-3-4-6-8(7)14-9(15)10(11,12)13/h2,8H,3-6H2,1H3,(H,14,15)/b7-2+/t8-/m1/s1. The van der Waals surface area contributed by atoms with Crippen LogP contribution in [0.2, 0.25) is 0 Å². The Labute approximate surface area is 105 Å². The lowest BCUT2D eigenvalue weighted by Crippen LogP contribution is -2.43. The second-order valence-electron chi connectivity index (χ2n) is 3.63. The van der Waals surface area contributed by atoms with Gasteiger partial charge in [0.05, 0.1) is 6.04 Å². The fourth-order valence-electron chi connectivity index (χ4n) is 1.79. The Hall–Kier alpha value is 0.0800. The van der Waals surface area contributed by atoms with E-state index in [1.165, 1.54) is 12.0 Å². The van der Waals surface area contributed by atoms with Gasteiger partial charge in [-0.15, -0.1) is 0 Å². The van der Waals surface area contributed by atoms with Gasteiger partial charge in [-0.3, -0.25) is 4.79 Å². The van der Waals surface area contributed by atoms with Gasteiger partial charge in [0, 0.05) is 0 Å². The van der Waals surface area contributed by atoms with E-state index >= 15 is 0 Å². The first-order valence-corrected chi connectivity index (χ1v) is 6.11. The number of alkyl halides is 3. The summed E-state index contributed by atoms with van der Waals surface area (Å²) in [6.07, 6.45) is 6.23. The third-order valence-corrected chi connectivity index (χ3v) is 3.10. The van der Waals surface area contributed by atoms with Crippen LogP contribution < -0.4 is 5.32 Å². The second-order valence-corrected chi connectivity index (χ2v) is 5.91. The molecular weight excluding hydrogens is 256 g/mol. The molecule has 1 aliphatic rings. The highest BCUT2D eigenvalue weighted by molar-refractivity contribution is 6.76. The van der Waals surface area contributed by atoms with Crippen LogP contribution >= 0.6 is 34.8 Å². The Bertz CT molecular complexity index is 270. The van der Waals surface area contributed by atoms with Crippen molar-refractivity contribution in [3.8, 4) is 0 Å². The van der Waals surface area contributed by atoms with E-state index < -0.39 is 9.70 Å². The van der Waals surface area contributed by atoms with E-state index in [1.807, 2.05) is 13.0 Å². The van der Waals surface area contributed by atoms with Crippen molar-refractivity contribution < 1.29 is 4.79 Å². The van der Waals surface area contributed by atoms with Crippen molar-refractivity contribution in [3.63, 3.8) is 0 Å². The molecule has 0 bridgehead atoms. The molecule has 0 saturated heterocycles. The third kappa shape index (κ3) is 3.86. The number of hydrogen-bond acceptors (Lipinski definition) is 1. The van der Waals surface area contributed by atoms with Gasteiger partial charge < -0.3 is 5.32 Å². The zero-order valence-corrected chi connectivity index (χ0v) is 10.8. The van der Waals surface area contributed by atoms with Crippen molar-refractivity contribution in [2.45, 2.75) is 42.4 Å². The highest BCUT2D eigenvalue weighted by Gasteiger charge is 2.33. The van der Waals surface area contributed by atoms with Gasteiger partial charge in [0.15, 0.2) is 0 Å². The molecule has 0 aromatic heterocycles. The van der Waals surface area contributed by atoms with Crippen molar-refractivity contribution >= 4 is 40.7 Å². The predicted octanol–water partition coefficient (Wildman–Crippen LogP) is 3.36. The van der Waals surface area contributed by atoms with E-state index in [4.69, 9.17) is 34.8 Å². The minimum absolute atomic E-state index is 0.0341. The molecule has 0 spiro atoms. The molecule has 1 amide bonds. The van der Waals surface area contributed by atoms with Crippen LogP contribution in [0.25, 0.3) is 0 Å². The number of amides is 1. The third-order valence-electron chi connectivity index (χ3n) is 2.59. The largest absolute Gasteiger partial charge is 0.346 e. The first kappa shape index (κ1) is 13.1. The number of carbonyl (C=O) groups is 1. The van der Waals surface area contributed by atoms with Crippen molar-refractivity contribution in [1.82, 2.24) is 5.32 Å². The molecule has 1 rings (SSSR count). The maximum absolute atomic E-state index is 11.5. The molecule has 0 unspecified atom stereocenters. The molecule has 0 heterocycles. The van der Waals surface area contributed by atoms with Gasteiger partial charge in [-0.05, 0) is 26.2 Å². The molecule has 1 N–H and O–H groups in total. The summed E-state index contributed by atoms with van der Waals surface area (Å²) in [6, 6.07) is 0.0341. The van der Waals surface area contributed by atoms with Crippen molar-refractivity contribution in [2.24, 2.45) is 0 Å². The highest BCUT2D eigenvalue weighted by Crippen LogP contribution is 2.28. The van der Waals surface area contributed by atoms with Gasteiger partial charge in [-0.25, -0.2) is 0 Å². The topological polar surface area (TPSA) is 29.1 Å². The number of carbonyl (C=O) groups excluding carboxylic acids is 1. The van der Waals surface area contributed by atoms with Crippen molar-refractivity contribution in [3.05, 3.63) is 11.6 Å². The zero-order chi connectivity index (χ0) is 11.5. The zero-order valence-electron chi connectivity index (χ0n) is 8.53. The molecule has 2 nitrogen and oxygen atoms in total. The van der Waals surface area contributed by atoms with Crippen LogP contribution in [0, 0.1) is 0 Å². The Balaban J connectivity index is 2.60. The van der Waals surface area contributed by atoms with Crippen LogP contribution in [0.3, 0.4) is 0 Å². The molecular formula is C10H14Cl3NO. The summed E-state index contributed by atoms with van der Waals surface area (Å²) in [5, 5.41) is 2.76. The molecule has 86 valence electrons. The van der Waals surface area contributed by atoms with Crippen LogP contribution in [-0.4, -0.2) is 15.7 Å². The van der Waals surface area contributed by atoms with Crippen LogP contribution in [-0.2, 0) is 4.79 Å². The van der Waals surface area contributed by atoms with Crippen LogP contribution in [0.4, 0.5) is 0 Å². The Morgan fingerprint density at radius 2 is 2.13 bits per heavy atom. The summed E-state index contributed by atoms with van der Waals surface area (Å²) in [5.74, 6) is -0.543. The number of nitrogens with one attached hydrogen (secondary N) is 1. The van der Waals surface area contributed by atoms with Gasteiger partial charge in [0.1, 0.15) is 0 Å². The van der Waals surface area contributed by atoms with Crippen LogP contribution in [0.15, 0.2) is 11.6 Å². The monoisotopic (exact) mass is 269 g/mol. The summed E-state index contributed by atoms with van der Waals surface area (Å²) in [4.78, 5) is 11.5. The molecule has 1 saturated carbocycles. The molecule has 0 radical (unpaired) electrons. The van der Waals surface area contributed by atoms with E-state index in [0.29, 0.717) is 0 Å². The number of rotatable bonds is 1. The quantitative estimate of drug-likeness (QED) is 0.574. The minimum atomic E-state index is -1.86. The van der Waals surface area contributed by atoms with E-state index in [0.717, 1.165) is 19.3 Å². The van der Waals surface area contributed by atoms with Crippen LogP contribution in [0.1, 0.15) is 32.6 Å². The summed E-state index contributed by atoms with van der Waals surface area (Å²) in [6.45, 7) is 1.97. The number of hydrogen-bond donors (Lipinski definition) is 1. The van der Waals surface area contributed by atoms with Gasteiger partial charge in [0.2, 0.25) is 0 Å². The van der Waals surface area contributed by atoms with Crippen molar-refractivity contribution in [2.75, 3.05) is 0 Å². The fourth-order valence-corrected chi connectivity index (χ4v) is 1.95. The summed E-state index contributed by atoms with van der Waals surface area (Å²) >= 11 is 16.5. The van der Waals surface area contributed by atoms with E-state index in [1.54, 1.807) is 0 Å². The first-order valence-electron chi connectivity index (χ1n) is 4.98. The molecule has 0 aromatic rings. The Morgan fingerprint density at radius 3 is 2.67 bits per heavy atom. The van der Waals surface area contributed by atoms with Crippen LogP contribution in [0.5, 0.6) is 0 Å². The van der Waals surface area contributed by atoms with Crippen molar-refractivity contribution in [1.29, 1.82) is 0 Å². The first-order chi connectivity index (χ1) is 6.95. The SMILES string of the molecule is C/C=C1\CCCC[C@H]1NC(=O)C(Cl)(Cl)Cl. The fraction of sp³-hybridized carbons (Fsp3) is 0.700. The van der Waals surface area contributed by atoms with Gasteiger partial charge in [-0.2, -0.15) is 0 Å². The van der Waals surface area contributed by atoms with Gasteiger partial charge >= 0.3 is 0 Å². The molecule has 5 heteroatoms.